The van der Waals surface area contributed by atoms with Gasteiger partial charge in [0, 0.05) is 6.54 Å². The van der Waals surface area contributed by atoms with E-state index in [9.17, 15) is 9.90 Å². The predicted molar refractivity (Wildman–Crippen MR) is 80.6 cm³/mol. The molecular formula is C15H20BrNO3. The minimum absolute atomic E-state index is 0.0118. The van der Waals surface area contributed by atoms with Crippen LogP contribution in [0.2, 0.25) is 0 Å². The van der Waals surface area contributed by atoms with Gasteiger partial charge in [-0.15, -0.1) is 0 Å². The van der Waals surface area contributed by atoms with Crippen molar-refractivity contribution in [1.29, 1.82) is 0 Å². The van der Waals surface area contributed by atoms with E-state index in [1.165, 1.54) is 0 Å². The molecule has 1 amide bonds. The Balaban J connectivity index is 1.69. The Morgan fingerprint density at radius 3 is 2.95 bits per heavy atom. The first-order chi connectivity index (χ1) is 9.65. The number of nitrogens with one attached hydrogen (secondary N) is 1. The van der Waals surface area contributed by atoms with E-state index in [4.69, 9.17) is 4.74 Å². The monoisotopic (exact) mass is 341 g/mol. The van der Waals surface area contributed by atoms with Crippen molar-refractivity contribution < 1.29 is 14.6 Å². The van der Waals surface area contributed by atoms with E-state index in [2.05, 4.69) is 21.2 Å². The third-order valence-electron chi connectivity index (χ3n) is 3.54. The van der Waals surface area contributed by atoms with Gasteiger partial charge in [0.15, 0.2) is 6.61 Å². The van der Waals surface area contributed by atoms with Crippen LogP contribution in [0.1, 0.15) is 25.7 Å². The van der Waals surface area contributed by atoms with Crippen molar-refractivity contribution in [2.24, 2.45) is 5.92 Å². The first-order valence-corrected chi connectivity index (χ1v) is 7.76. The number of rotatable bonds is 5. The second-order valence-electron chi connectivity index (χ2n) is 5.21. The highest BCUT2D eigenvalue weighted by Crippen LogP contribution is 2.24. The summed E-state index contributed by atoms with van der Waals surface area (Å²) in [6.45, 7) is 0.632. The first-order valence-electron chi connectivity index (χ1n) is 6.97. The quantitative estimate of drug-likeness (QED) is 0.864. The number of benzene rings is 1. The molecule has 1 fully saturated rings. The molecule has 2 rings (SSSR count). The third kappa shape index (κ3) is 4.80. The van der Waals surface area contributed by atoms with Crippen LogP contribution in [0.5, 0.6) is 5.75 Å². The molecule has 0 saturated heterocycles. The highest BCUT2D eigenvalue weighted by Gasteiger charge is 2.20. The molecule has 1 aromatic rings. The summed E-state index contributed by atoms with van der Waals surface area (Å²) in [4.78, 5) is 11.7. The minimum atomic E-state index is -0.206. The molecule has 2 atom stereocenters. The van der Waals surface area contributed by atoms with Crippen LogP contribution in [0.25, 0.3) is 0 Å². The zero-order valence-electron chi connectivity index (χ0n) is 11.3. The Labute approximate surface area is 127 Å². The number of hydrogen-bond donors (Lipinski definition) is 2. The van der Waals surface area contributed by atoms with Crippen LogP contribution in [0.4, 0.5) is 0 Å². The van der Waals surface area contributed by atoms with Crippen LogP contribution in [0, 0.1) is 5.92 Å². The van der Waals surface area contributed by atoms with Gasteiger partial charge in [0.2, 0.25) is 0 Å². The number of carbonyl (C=O) groups is 1. The van der Waals surface area contributed by atoms with Gasteiger partial charge >= 0.3 is 0 Å². The van der Waals surface area contributed by atoms with E-state index in [1.807, 2.05) is 24.3 Å². The van der Waals surface area contributed by atoms with E-state index >= 15 is 0 Å². The van der Waals surface area contributed by atoms with Gasteiger partial charge in [-0.1, -0.05) is 18.6 Å². The van der Waals surface area contributed by atoms with Crippen LogP contribution in [-0.4, -0.2) is 30.3 Å². The molecule has 5 heteroatoms. The lowest BCUT2D eigenvalue weighted by Gasteiger charge is -2.25. The van der Waals surface area contributed by atoms with Gasteiger partial charge in [-0.05, 0) is 53.2 Å². The van der Waals surface area contributed by atoms with Crippen molar-refractivity contribution in [3.8, 4) is 5.75 Å². The summed E-state index contributed by atoms with van der Waals surface area (Å²) in [5, 5.41) is 12.5. The number of halogens is 1. The standard InChI is InChI=1S/C15H20BrNO3/c16-13-6-1-2-7-14(13)20-10-15(19)17-9-11-4-3-5-12(18)8-11/h1-2,6-7,11-12,18H,3-5,8-10H2,(H,17,19). The van der Waals surface area contributed by atoms with Gasteiger partial charge in [-0.3, -0.25) is 4.79 Å². The first kappa shape index (κ1) is 15.3. The molecule has 0 radical (unpaired) electrons. The molecule has 2 N–H and O–H groups in total. The summed E-state index contributed by atoms with van der Waals surface area (Å²) in [6, 6.07) is 7.44. The Hall–Kier alpha value is -1.07. The highest BCUT2D eigenvalue weighted by molar-refractivity contribution is 9.10. The second-order valence-corrected chi connectivity index (χ2v) is 6.06. The summed E-state index contributed by atoms with van der Waals surface area (Å²) in [6.07, 6.45) is 3.57. The normalized spacial score (nSPS) is 22.3. The minimum Gasteiger partial charge on any atom is -0.483 e. The molecule has 0 aliphatic heterocycles. The van der Waals surface area contributed by atoms with E-state index < -0.39 is 0 Å². The molecule has 110 valence electrons. The summed E-state index contributed by atoms with van der Waals surface area (Å²) < 4.78 is 6.29. The molecule has 1 aromatic carbocycles. The third-order valence-corrected chi connectivity index (χ3v) is 4.19. The van der Waals surface area contributed by atoms with Crippen LogP contribution < -0.4 is 10.1 Å². The molecule has 20 heavy (non-hydrogen) atoms. The van der Waals surface area contributed by atoms with E-state index in [0.29, 0.717) is 18.2 Å². The van der Waals surface area contributed by atoms with Crippen molar-refractivity contribution in [3.05, 3.63) is 28.7 Å². The lowest BCUT2D eigenvalue weighted by molar-refractivity contribution is -0.123. The number of aliphatic hydroxyl groups is 1. The zero-order valence-corrected chi connectivity index (χ0v) is 12.9. The maximum atomic E-state index is 11.7. The molecule has 0 aromatic heterocycles. The van der Waals surface area contributed by atoms with Crippen molar-refractivity contribution in [3.63, 3.8) is 0 Å². The van der Waals surface area contributed by atoms with Crippen LogP contribution in [-0.2, 0) is 4.79 Å². The van der Waals surface area contributed by atoms with E-state index in [-0.39, 0.29) is 18.6 Å². The number of amides is 1. The Kier molecular flexibility index (Phi) is 5.86. The molecule has 1 aliphatic carbocycles. The van der Waals surface area contributed by atoms with Crippen molar-refractivity contribution in [1.82, 2.24) is 5.32 Å². The lowest BCUT2D eigenvalue weighted by atomic mass is 9.87. The van der Waals surface area contributed by atoms with E-state index in [0.717, 1.165) is 30.2 Å². The fourth-order valence-corrected chi connectivity index (χ4v) is 2.86. The number of carbonyl (C=O) groups excluding carboxylic acids is 1. The molecule has 1 saturated carbocycles. The fourth-order valence-electron chi connectivity index (χ4n) is 2.46. The van der Waals surface area contributed by atoms with Gasteiger partial charge in [0.05, 0.1) is 10.6 Å². The van der Waals surface area contributed by atoms with Crippen molar-refractivity contribution in [2.45, 2.75) is 31.8 Å². The molecular weight excluding hydrogens is 322 g/mol. The van der Waals surface area contributed by atoms with Gasteiger partial charge in [-0.2, -0.15) is 0 Å². The fraction of sp³-hybridized carbons (Fsp3) is 0.533. The van der Waals surface area contributed by atoms with Gasteiger partial charge in [0.1, 0.15) is 5.75 Å². The van der Waals surface area contributed by atoms with Gasteiger partial charge < -0.3 is 15.2 Å². The summed E-state index contributed by atoms with van der Waals surface area (Å²) in [7, 11) is 0. The maximum Gasteiger partial charge on any atom is 0.257 e. The second kappa shape index (κ2) is 7.64. The Morgan fingerprint density at radius 1 is 1.40 bits per heavy atom. The number of hydrogen-bond acceptors (Lipinski definition) is 3. The maximum absolute atomic E-state index is 11.7. The molecule has 4 nitrogen and oxygen atoms in total. The average molecular weight is 342 g/mol. The molecule has 0 spiro atoms. The largest absolute Gasteiger partial charge is 0.483 e. The summed E-state index contributed by atoms with van der Waals surface area (Å²) >= 11 is 3.37. The van der Waals surface area contributed by atoms with Crippen LogP contribution in [0.15, 0.2) is 28.7 Å². The van der Waals surface area contributed by atoms with Crippen molar-refractivity contribution >= 4 is 21.8 Å². The SMILES string of the molecule is O=C(COc1ccccc1Br)NCC1CCCC(O)C1. The molecule has 1 aliphatic rings. The smallest absolute Gasteiger partial charge is 0.257 e. The van der Waals surface area contributed by atoms with Gasteiger partial charge in [0.25, 0.3) is 5.91 Å². The van der Waals surface area contributed by atoms with Gasteiger partial charge in [-0.25, -0.2) is 0 Å². The number of aliphatic hydroxyl groups excluding tert-OH is 1. The Morgan fingerprint density at radius 2 is 2.20 bits per heavy atom. The molecule has 0 heterocycles. The molecule has 0 bridgehead atoms. The van der Waals surface area contributed by atoms with Crippen molar-refractivity contribution in [2.75, 3.05) is 13.2 Å². The lowest BCUT2D eigenvalue weighted by Crippen LogP contribution is -2.35. The summed E-state index contributed by atoms with van der Waals surface area (Å²) in [5.41, 5.74) is 0. The highest BCUT2D eigenvalue weighted by atomic mass is 79.9. The zero-order chi connectivity index (χ0) is 14.4. The average Bonchev–Trinajstić information content (AvgIpc) is 2.44. The van der Waals surface area contributed by atoms with Crippen LogP contribution >= 0.6 is 15.9 Å². The topological polar surface area (TPSA) is 58.6 Å². The van der Waals surface area contributed by atoms with Crippen LogP contribution in [0.3, 0.4) is 0 Å². The Bertz CT molecular complexity index is 452. The molecule has 2 unspecified atom stereocenters. The predicted octanol–water partition coefficient (Wildman–Crippen LogP) is 2.50. The van der Waals surface area contributed by atoms with E-state index in [1.54, 1.807) is 0 Å². The number of para-hydroxylation sites is 1. The number of ether oxygens (including phenoxy) is 1. The summed E-state index contributed by atoms with van der Waals surface area (Å²) in [5.74, 6) is 0.919.